The van der Waals surface area contributed by atoms with E-state index in [2.05, 4.69) is 34.2 Å². The van der Waals surface area contributed by atoms with Crippen molar-refractivity contribution in [2.24, 2.45) is 5.41 Å². The maximum absolute atomic E-state index is 12.1. The zero-order valence-corrected chi connectivity index (χ0v) is 13.2. The number of alkyl halides is 1. The van der Waals surface area contributed by atoms with E-state index in [1.807, 2.05) is 6.07 Å². The van der Waals surface area contributed by atoms with E-state index in [1.165, 1.54) is 30.6 Å². The molecular formula is C14H20BrNOS. The van der Waals surface area contributed by atoms with Crippen molar-refractivity contribution >= 4 is 33.2 Å². The van der Waals surface area contributed by atoms with E-state index in [-0.39, 0.29) is 5.91 Å². The Morgan fingerprint density at radius 2 is 2.17 bits per heavy atom. The Kier molecular flexibility index (Phi) is 4.84. The summed E-state index contributed by atoms with van der Waals surface area (Å²) in [5, 5.41) is 4.10. The molecule has 1 N–H and O–H groups in total. The smallest absolute Gasteiger partial charge is 0.261 e. The molecule has 1 aromatic rings. The molecule has 0 aromatic carbocycles. The van der Waals surface area contributed by atoms with E-state index in [0.29, 0.717) is 5.41 Å². The highest BCUT2D eigenvalue weighted by Gasteiger charge is 2.33. The van der Waals surface area contributed by atoms with Crippen LogP contribution in [0, 0.1) is 5.41 Å². The van der Waals surface area contributed by atoms with Gasteiger partial charge in [-0.05, 0) is 36.8 Å². The number of nitrogens with one attached hydrogen (secondary N) is 1. The highest BCUT2D eigenvalue weighted by molar-refractivity contribution is 9.09. The Morgan fingerprint density at radius 3 is 2.72 bits per heavy atom. The van der Waals surface area contributed by atoms with Gasteiger partial charge >= 0.3 is 0 Å². The lowest BCUT2D eigenvalue weighted by atomic mass is 9.89. The molecule has 2 nitrogen and oxygen atoms in total. The number of hydrogen-bond donors (Lipinski definition) is 1. The zero-order valence-electron chi connectivity index (χ0n) is 10.8. The van der Waals surface area contributed by atoms with Gasteiger partial charge in [0.05, 0.1) is 4.88 Å². The molecule has 1 saturated carbocycles. The maximum atomic E-state index is 12.1. The molecule has 1 amide bonds. The van der Waals surface area contributed by atoms with Gasteiger partial charge in [0, 0.05) is 16.8 Å². The summed E-state index contributed by atoms with van der Waals surface area (Å²) in [5.41, 5.74) is 0.292. The van der Waals surface area contributed by atoms with Gasteiger partial charge in [0.15, 0.2) is 0 Å². The topological polar surface area (TPSA) is 29.1 Å². The van der Waals surface area contributed by atoms with Gasteiger partial charge in [-0.25, -0.2) is 0 Å². The standard InChI is InChI=1S/C14H20BrNOS/c1-2-11-5-6-12(18-11)13(17)16-10-14(9-15)7-3-4-8-14/h5-6H,2-4,7-10H2,1H3,(H,16,17). The summed E-state index contributed by atoms with van der Waals surface area (Å²) in [4.78, 5) is 14.2. The Labute approximate surface area is 121 Å². The molecule has 4 heteroatoms. The van der Waals surface area contributed by atoms with Crippen LogP contribution >= 0.6 is 27.3 Å². The molecule has 2 rings (SSSR count). The minimum Gasteiger partial charge on any atom is -0.351 e. The Morgan fingerprint density at radius 1 is 1.44 bits per heavy atom. The highest BCUT2D eigenvalue weighted by Crippen LogP contribution is 2.39. The molecular weight excluding hydrogens is 310 g/mol. The quantitative estimate of drug-likeness (QED) is 0.813. The summed E-state index contributed by atoms with van der Waals surface area (Å²) in [6, 6.07) is 3.99. The van der Waals surface area contributed by atoms with Gasteiger partial charge in [-0.2, -0.15) is 0 Å². The minimum absolute atomic E-state index is 0.0897. The molecule has 18 heavy (non-hydrogen) atoms. The Hall–Kier alpha value is -0.350. The van der Waals surface area contributed by atoms with Crippen LogP contribution in [0.25, 0.3) is 0 Å². The second-order valence-corrected chi connectivity index (χ2v) is 6.87. The number of rotatable bonds is 5. The number of hydrogen-bond acceptors (Lipinski definition) is 2. The number of aryl methyl sites for hydroxylation is 1. The van der Waals surface area contributed by atoms with Crippen LogP contribution in [-0.4, -0.2) is 17.8 Å². The third-order valence-corrected chi connectivity index (χ3v) is 6.22. The summed E-state index contributed by atoms with van der Waals surface area (Å²) in [6.45, 7) is 2.92. The Bertz CT molecular complexity index is 410. The first-order valence-electron chi connectivity index (χ1n) is 6.62. The lowest BCUT2D eigenvalue weighted by Gasteiger charge is -2.26. The first kappa shape index (κ1) is 14.1. The van der Waals surface area contributed by atoms with E-state index in [1.54, 1.807) is 11.3 Å². The van der Waals surface area contributed by atoms with Crippen molar-refractivity contribution in [3.05, 3.63) is 21.9 Å². The summed E-state index contributed by atoms with van der Waals surface area (Å²) >= 11 is 5.21. The maximum Gasteiger partial charge on any atom is 0.261 e. The van der Waals surface area contributed by atoms with Gasteiger partial charge in [0.25, 0.3) is 5.91 Å². The predicted octanol–water partition coefficient (Wildman–Crippen LogP) is 4.00. The molecule has 0 unspecified atom stereocenters. The van der Waals surface area contributed by atoms with Gasteiger partial charge in [0.1, 0.15) is 0 Å². The molecule has 0 spiro atoms. The van der Waals surface area contributed by atoms with Gasteiger partial charge in [-0.1, -0.05) is 35.7 Å². The number of amides is 1. The van der Waals surface area contributed by atoms with Crippen LogP contribution < -0.4 is 5.32 Å². The van der Waals surface area contributed by atoms with Crippen molar-refractivity contribution in [3.8, 4) is 0 Å². The van der Waals surface area contributed by atoms with Crippen molar-refractivity contribution in [2.45, 2.75) is 39.0 Å². The minimum atomic E-state index is 0.0897. The number of halogens is 1. The summed E-state index contributed by atoms with van der Waals surface area (Å²) in [5.74, 6) is 0.0897. The van der Waals surface area contributed by atoms with Crippen molar-refractivity contribution in [3.63, 3.8) is 0 Å². The van der Waals surface area contributed by atoms with Crippen LogP contribution in [0.15, 0.2) is 12.1 Å². The van der Waals surface area contributed by atoms with Crippen LogP contribution in [0.5, 0.6) is 0 Å². The van der Waals surface area contributed by atoms with Crippen LogP contribution in [-0.2, 0) is 6.42 Å². The van der Waals surface area contributed by atoms with E-state index in [4.69, 9.17) is 0 Å². The third kappa shape index (κ3) is 3.15. The first-order valence-corrected chi connectivity index (χ1v) is 8.56. The molecule has 1 aromatic heterocycles. The summed E-state index contributed by atoms with van der Waals surface area (Å²) in [7, 11) is 0. The van der Waals surface area contributed by atoms with Gasteiger partial charge in [0.2, 0.25) is 0 Å². The fourth-order valence-electron chi connectivity index (χ4n) is 2.53. The van der Waals surface area contributed by atoms with Crippen molar-refractivity contribution in [2.75, 3.05) is 11.9 Å². The molecule has 1 fully saturated rings. The monoisotopic (exact) mass is 329 g/mol. The molecule has 1 aliphatic carbocycles. The SMILES string of the molecule is CCc1ccc(C(=O)NCC2(CBr)CCCC2)s1. The molecule has 1 heterocycles. The molecule has 0 saturated heterocycles. The molecule has 1 aliphatic rings. The van der Waals surface area contributed by atoms with Crippen LogP contribution in [0.2, 0.25) is 0 Å². The van der Waals surface area contributed by atoms with Crippen molar-refractivity contribution in [1.82, 2.24) is 5.32 Å². The van der Waals surface area contributed by atoms with Gasteiger partial charge in [-0.3, -0.25) is 4.79 Å². The van der Waals surface area contributed by atoms with E-state index in [9.17, 15) is 4.79 Å². The van der Waals surface area contributed by atoms with E-state index >= 15 is 0 Å². The lowest BCUT2D eigenvalue weighted by molar-refractivity contribution is 0.0939. The first-order chi connectivity index (χ1) is 8.69. The van der Waals surface area contributed by atoms with Gasteiger partial charge in [-0.15, -0.1) is 11.3 Å². The Balaban J connectivity index is 1.91. The van der Waals surface area contributed by atoms with Crippen LogP contribution in [0.1, 0.15) is 47.2 Å². The van der Waals surface area contributed by atoms with E-state index in [0.717, 1.165) is 23.2 Å². The van der Waals surface area contributed by atoms with E-state index < -0.39 is 0 Å². The lowest BCUT2D eigenvalue weighted by Crippen LogP contribution is -2.36. The second kappa shape index (κ2) is 6.20. The molecule has 100 valence electrons. The average molecular weight is 330 g/mol. The third-order valence-electron chi connectivity index (χ3n) is 3.81. The molecule has 0 atom stereocenters. The number of thiophene rings is 1. The van der Waals surface area contributed by atoms with Crippen LogP contribution in [0.3, 0.4) is 0 Å². The van der Waals surface area contributed by atoms with Gasteiger partial charge < -0.3 is 5.32 Å². The predicted molar refractivity (Wildman–Crippen MR) is 80.7 cm³/mol. The van der Waals surface area contributed by atoms with Crippen molar-refractivity contribution < 1.29 is 4.79 Å². The van der Waals surface area contributed by atoms with Crippen LogP contribution in [0.4, 0.5) is 0 Å². The molecule has 0 aliphatic heterocycles. The fraction of sp³-hybridized carbons (Fsp3) is 0.643. The molecule has 0 radical (unpaired) electrons. The van der Waals surface area contributed by atoms with Crippen molar-refractivity contribution in [1.29, 1.82) is 0 Å². The number of carbonyl (C=O) groups excluding carboxylic acids is 1. The summed E-state index contributed by atoms with van der Waals surface area (Å²) < 4.78 is 0. The largest absolute Gasteiger partial charge is 0.351 e. The highest BCUT2D eigenvalue weighted by atomic mass is 79.9. The zero-order chi connectivity index (χ0) is 13.0. The summed E-state index contributed by atoms with van der Waals surface area (Å²) in [6.07, 6.45) is 6.04. The number of carbonyl (C=O) groups is 1. The second-order valence-electron chi connectivity index (χ2n) is 5.14. The molecule has 0 bridgehead atoms. The fourth-order valence-corrected chi connectivity index (χ4v) is 4.15. The normalized spacial score (nSPS) is 17.9. The average Bonchev–Trinajstić information content (AvgIpc) is 3.05.